The lowest BCUT2D eigenvalue weighted by Gasteiger charge is -2.32. The zero-order valence-electron chi connectivity index (χ0n) is 11.8. The van der Waals surface area contributed by atoms with Crippen LogP contribution in [0, 0.1) is 0 Å². The minimum atomic E-state index is 0.216. The van der Waals surface area contributed by atoms with Crippen molar-refractivity contribution in [3.63, 3.8) is 0 Å². The van der Waals surface area contributed by atoms with Crippen molar-refractivity contribution in [2.45, 2.75) is 52.1 Å². The smallest absolute Gasteiger partial charge is 0.123 e. The van der Waals surface area contributed by atoms with Crippen molar-refractivity contribution in [2.24, 2.45) is 0 Å². The lowest BCUT2D eigenvalue weighted by atomic mass is 9.89. The topological polar surface area (TPSA) is 21.3 Å². The number of halogens is 1. The predicted octanol–water partition coefficient (Wildman–Crippen LogP) is 4.41. The SMILES string of the molecule is CCC(CC)(CC)NCc1cc(Cl)ccc1OC. The monoisotopic (exact) mass is 269 g/mol. The number of hydrogen-bond acceptors (Lipinski definition) is 2. The third-order valence-electron chi connectivity index (χ3n) is 3.93. The first-order valence-electron chi connectivity index (χ1n) is 6.68. The van der Waals surface area contributed by atoms with Crippen LogP contribution in [0.25, 0.3) is 0 Å². The molecule has 102 valence electrons. The van der Waals surface area contributed by atoms with E-state index in [0.717, 1.165) is 42.1 Å². The number of rotatable bonds is 7. The summed E-state index contributed by atoms with van der Waals surface area (Å²) in [6.07, 6.45) is 3.38. The highest BCUT2D eigenvalue weighted by atomic mass is 35.5. The van der Waals surface area contributed by atoms with Crippen LogP contribution in [0.4, 0.5) is 0 Å². The number of hydrogen-bond donors (Lipinski definition) is 1. The van der Waals surface area contributed by atoms with Gasteiger partial charge in [-0.3, -0.25) is 0 Å². The molecule has 1 rings (SSSR count). The normalized spacial score (nSPS) is 11.6. The molecular weight excluding hydrogens is 246 g/mol. The molecule has 2 nitrogen and oxygen atoms in total. The van der Waals surface area contributed by atoms with Crippen molar-refractivity contribution in [2.75, 3.05) is 7.11 Å². The van der Waals surface area contributed by atoms with Crippen LogP contribution < -0.4 is 10.1 Å². The van der Waals surface area contributed by atoms with Gasteiger partial charge in [0.2, 0.25) is 0 Å². The van der Waals surface area contributed by atoms with E-state index in [1.54, 1.807) is 7.11 Å². The molecular formula is C15H24ClNO. The summed E-state index contributed by atoms with van der Waals surface area (Å²) in [5.74, 6) is 0.893. The molecule has 0 aliphatic heterocycles. The largest absolute Gasteiger partial charge is 0.496 e. The maximum atomic E-state index is 6.04. The van der Waals surface area contributed by atoms with Crippen molar-refractivity contribution < 1.29 is 4.74 Å². The van der Waals surface area contributed by atoms with Crippen LogP contribution in [0.15, 0.2) is 18.2 Å². The van der Waals surface area contributed by atoms with Gasteiger partial charge in [-0.1, -0.05) is 32.4 Å². The van der Waals surface area contributed by atoms with E-state index in [0.29, 0.717) is 0 Å². The van der Waals surface area contributed by atoms with Crippen LogP contribution in [0.5, 0.6) is 5.75 Å². The summed E-state index contributed by atoms with van der Waals surface area (Å²) in [7, 11) is 1.69. The Labute approximate surface area is 116 Å². The molecule has 0 aromatic heterocycles. The Morgan fingerprint density at radius 3 is 2.28 bits per heavy atom. The average Bonchev–Trinajstić information content (AvgIpc) is 2.41. The van der Waals surface area contributed by atoms with E-state index in [1.165, 1.54) is 0 Å². The minimum Gasteiger partial charge on any atom is -0.496 e. The van der Waals surface area contributed by atoms with Gasteiger partial charge in [0.05, 0.1) is 7.11 Å². The number of nitrogens with one attached hydrogen (secondary N) is 1. The highest BCUT2D eigenvalue weighted by Gasteiger charge is 2.23. The molecule has 1 aromatic carbocycles. The van der Waals surface area contributed by atoms with Gasteiger partial charge in [-0.15, -0.1) is 0 Å². The van der Waals surface area contributed by atoms with Gasteiger partial charge in [0.1, 0.15) is 5.75 Å². The number of methoxy groups -OCH3 is 1. The van der Waals surface area contributed by atoms with Gasteiger partial charge in [0.15, 0.2) is 0 Å². The van der Waals surface area contributed by atoms with E-state index in [-0.39, 0.29) is 5.54 Å². The molecule has 0 atom stereocenters. The zero-order valence-corrected chi connectivity index (χ0v) is 12.6. The number of benzene rings is 1. The highest BCUT2D eigenvalue weighted by molar-refractivity contribution is 6.30. The van der Waals surface area contributed by atoms with Crippen molar-refractivity contribution in [3.05, 3.63) is 28.8 Å². The molecule has 1 N–H and O–H groups in total. The summed E-state index contributed by atoms with van der Waals surface area (Å²) in [5.41, 5.74) is 1.33. The molecule has 0 aliphatic rings. The maximum absolute atomic E-state index is 6.04. The second-order valence-electron chi connectivity index (χ2n) is 4.65. The van der Waals surface area contributed by atoms with E-state index in [1.807, 2.05) is 18.2 Å². The van der Waals surface area contributed by atoms with Crippen molar-refractivity contribution in [3.8, 4) is 5.75 Å². The molecule has 1 aromatic rings. The minimum absolute atomic E-state index is 0.216. The molecule has 0 amide bonds. The fourth-order valence-electron chi connectivity index (χ4n) is 2.29. The Kier molecular flexibility index (Phi) is 5.97. The molecule has 0 fully saturated rings. The second-order valence-corrected chi connectivity index (χ2v) is 5.09. The van der Waals surface area contributed by atoms with E-state index in [9.17, 15) is 0 Å². The van der Waals surface area contributed by atoms with Crippen LogP contribution in [0.2, 0.25) is 5.02 Å². The van der Waals surface area contributed by atoms with E-state index >= 15 is 0 Å². The van der Waals surface area contributed by atoms with E-state index in [2.05, 4.69) is 26.1 Å². The third-order valence-corrected chi connectivity index (χ3v) is 4.16. The average molecular weight is 270 g/mol. The Morgan fingerprint density at radius 1 is 1.17 bits per heavy atom. The Balaban J connectivity index is 2.81. The molecule has 0 heterocycles. The van der Waals surface area contributed by atoms with Crippen LogP contribution in [-0.2, 0) is 6.54 Å². The lowest BCUT2D eigenvalue weighted by Crippen LogP contribution is -2.43. The van der Waals surface area contributed by atoms with Gasteiger partial charge in [0.25, 0.3) is 0 Å². The van der Waals surface area contributed by atoms with Crippen LogP contribution in [0.3, 0.4) is 0 Å². The molecule has 0 aliphatic carbocycles. The molecule has 0 bridgehead atoms. The van der Waals surface area contributed by atoms with E-state index in [4.69, 9.17) is 16.3 Å². The Bertz CT molecular complexity index is 366. The summed E-state index contributed by atoms with van der Waals surface area (Å²) >= 11 is 6.04. The first-order valence-corrected chi connectivity index (χ1v) is 7.06. The maximum Gasteiger partial charge on any atom is 0.123 e. The molecule has 18 heavy (non-hydrogen) atoms. The molecule has 0 unspecified atom stereocenters. The summed E-state index contributed by atoms with van der Waals surface area (Å²) < 4.78 is 5.37. The number of ether oxygens (including phenoxy) is 1. The fraction of sp³-hybridized carbons (Fsp3) is 0.600. The summed E-state index contributed by atoms with van der Waals surface area (Å²) in [6, 6.07) is 5.75. The quantitative estimate of drug-likeness (QED) is 0.792. The molecule has 0 spiro atoms. The lowest BCUT2D eigenvalue weighted by molar-refractivity contribution is 0.285. The van der Waals surface area contributed by atoms with Gasteiger partial charge in [-0.2, -0.15) is 0 Å². The van der Waals surface area contributed by atoms with Gasteiger partial charge >= 0.3 is 0 Å². The summed E-state index contributed by atoms with van der Waals surface area (Å²) in [4.78, 5) is 0. The van der Waals surface area contributed by atoms with Crippen LogP contribution >= 0.6 is 11.6 Å². The second kappa shape index (κ2) is 7.01. The summed E-state index contributed by atoms with van der Waals surface area (Å²) in [6.45, 7) is 7.48. The predicted molar refractivity (Wildman–Crippen MR) is 78.4 cm³/mol. The molecule has 0 saturated heterocycles. The van der Waals surface area contributed by atoms with Crippen LogP contribution in [-0.4, -0.2) is 12.6 Å². The highest BCUT2D eigenvalue weighted by Crippen LogP contribution is 2.25. The van der Waals surface area contributed by atoms with E-state index < -0.39 is 0 Å². The van der Waals surface area contributed by atoms with Gasteiger partial charge < -0.3 is 10.1 Å². The Hall–Kier alpha value is -0.730. The molecule has 3 heteroatoms. The standard InChI is InChI=1S/C15H24ClNO/c1-5-15(6-2,7-3)17-11-12-10-13(16)8-9-14(12)18-4/h8-10,17H,5-7,11H2,1-4H3. The first kappa shape index (κ1) is 15.3. The third kappa shape index (κ3) is 3.63. The molecule has 0 radical (unpaired) electrons. The fourth-order valence-corrected chi connectivity index (χ4v) is 2.49. The zero-order chi connectivity index (χ0) is 13.6. The van der Waals surface area contributed by atoms with Crippen LogP contribution in [0.1, 0.15) is 45.6 Å². The molecule has 0 saturated carbocycles. The van der Waals surface area contributed by atoms with Crippen molar-refractivity contribution >= 4 is 11.6 Å². The Morgan fingerprint density at radius 2 is 1.78 bits per heavy atom. The first-order chi connectivity index (χ1) is 8.60. The van der Waals surface area contributed by atoms with Crippen molar-refractivity contribution in [1.82, 2.24) is 5.32 Å². The summed E-state index contributed by atoms with van der Waals surface area (Å²) in [5, 5.41) is 4.41. The van der Waals surface area contributed by atoms with Gasteiger partial charge in [0, 0.05) is 22.7 Å². The van der Waals surface area contributed by atoms with Gasteiger partial charge in [-0.05, 0) is 37.5 Å². The van der Waals surface area contributed by atoms with Crippen molar-refractivity contribution in [1.29, 1.82) is 0 Å². The van der Waals surface area contributed by atoms with Gasteiger partial charge in [-0.25, -0.2) is 0 Å².